The lowest BCUT2D eigenvalue weighted by Crippen LogP contribution is -2.29. The monoisotopic (exact) mass is 322 g/mol. The molecule has 1 aliphatic rings. The minimum Gasteiger partial charge on any atom is -0.325 e. The Labute approximate surface area is 127 Å². The molecule has 2 rings (SSSR count). The number of hydrogen-bond acceptors (Lipinski definition) is 3. The molecule has 0 aromatic heterocycles. The molecule has 1 fully saturated rings. The Hall–Kier alpha value is -0.850. The molecule has 0 bridgehead atoms. The molecule has 1 amide bonds. The van der Waals surface area contributed by atoms with Gasteiger partial charge in [0.2, 0.25) is 5.91 Å². The molecule has 0 aliphatic heterocycles. The second-order valence-corrected chi connectivity index (χ2v) is 5.59. The van der Waals surface area contributed by atoms with Gasteiger partial charge in [-0.2, -0.15) is 8.78 Å². The molecule has 1 aromatic carbocycles. The van der Waals surface area contributed by atoms with Crippen LogP contribution in [-0.2, 0) is 4.79 Å². The van der Waals surface area contributed by atoms with Gasteiger partial charge in [-0.15, -0.1) is 12.4 Å². The van der Waals surface area contributed by atoms with Crippen LogP contribution in [-0.4, -0.2) is 24.8 Å². The van der Waals surface area contributed by atoms with Crippen molar-refractivity contribution in [1.82, 2.24) is 5.32 Å². The van der Waals surface area contributed by atoms with Gasteiger partial charge in [-0.1, -0.05) is 11.8 Å². The molecule has 0 unspecified atom stereocenters. The number of thioether (sulfide) groups is 1. The first-order chi connectivity index (χ1) is 9.13. The highest BCUT2D eigenvalue weighted by atomic mass is 35.5. The van der Waals surface area contributed by atoms with Crippen molar-refractivity contribution in [1.29, 1.82) is 0 Å². The van der Waals surface area contributed by atoms with Crippen LogP contribution >= 0.6 is 24.2 Å². The first kappa shape index (κ1) is 17.2. The summed E-state index contributed by atoms with van der Waals surface area (Å²) in [7, 11) is 0. The van der Waals surface area contributed by atoms with Gasteiger partial charge in [-0.3, -0.25) is 4.79 Å². The van der Waals surface area contributed by atoms with Crippen LogP contribution in [0.4, 0.5) is 14.5 Å². The summed E-state index contributed by atoms with van der Waals surface area (Å²) in [5.74, 6) is -1.81. The molecule has 3 nitrogen and oxygen atoms in total. The Morgan fingerprint density at radius 3 is 2.50 bits per heavy atom. The Morgan fingerprint density at radius 1 is 1.30 bits per heavy atom. The lowest BCUT2D eigenvalue weighted by Gasteiger charge is -2.07. The third-order valence-electron chi connectivity index (χ3n) is 2.78. The zero-order chi connectivity index (χ0) is 13.7. The molecule has 2 N–H and O–H groups in total. The lowest BCUT2D eigenvalue weighted by atomic mass is 10.3. The summed E-state index contributed by atoms with van der Waals surface area (Å²) in [4.78, 5) is 12.1. The molecule has 20 heavy (non-hydrogen) atoms. The normalized spacial score (nSPS) is 13.9. The van der Waals surface area contributed by atoms with E-state index in [4.69, 9.17) is 0 Å². The number of carbonyl (C=O) groups is 1. The number of halogens is 3. The number of nitrogens with one attached hydrogen (secondary N) is 2. The van der Waals surface area contributed by atoms with E-state index >= 15 is 0 Å². The number of alkyl halides is 2. The average Bonchev–Trinajstić information content (AvgIpc) is 3.15. The SMILES string of the molecule is Cl.O=C(CNCC1CC1)Nc1ccc(SC(F)F)cc1. The predicted octanol–water partition coefficient (Wildman–Crippen LogP) is 3.36. The Kier molecular flexibility index (Phi) is 7.26. The van der Waals surface area contributed by atoms with Crippen LogP contribution in [0.2, 0.25) is 0 Å². The fourth-order valence-corrected chi connectivity index (χ4v) is 2.14. The number of carbonyl (C=O) groups excluding carboxylic acids is 1. The molecule has 1 aliphatic carbocycles. The number of amides is 1. The van der Waals surface area contributed by atoms with Gasteiger partial charge in [-0.05, 0) is 49.6 Å². The molecule has 0 heterocycles. The minimum atomic E-state index is -2.42. The minimum absolute atomic E-state index is 0. The topological polar surface area (TPSA) is 41.1 Å². The van der Waals surface area contributed by atoms with Crippen molar-refractivity contribution in [2.24, 2.45) is 5.92 Å². The largest absolute Gasteiger partial charge is 0.325 e. The highest BCUT2D eigenvalue weighted by Crippen LogP contribution is 2.27. The highest BCUT2D eigenvalue weighted by molar-refractivity contribution is 7.99. The van der Waals surface area contributed by atoms with Crippen molar-refractivity contribution in [3.63, 3.8) is 0 Å². The fourth-order valence-electron chi connectivity index (χ4n) is 1.64. The van der Waals surface area contributed by atoms with Crippen molar-refractivity contribution in [2.75, 3.05) is 18.4 Å². The maximum atomic E-state index is 12.1. The molecular formula is C13H17ClF2N2OS. The van der Waals surface area contributed by atoms with E-state index in [1.165, 1.54) is 12.8 Å². The van der Waals surface area contributed by atoms with Crippen molar-refractivity contribution >= 4 is 35.8 Å². The molecule has 0 saturated heterocycles. The van der Waals surface area contributed by atoms with Crippen LogP contribution in [0.3, 0.4) is 0 Å². The van der Waals surface area contributed by atoms with Gasteiger partial charge in [0.05, 0.1) is 6.54 Å². The second-order valence-electron chi connectivity index (χ2n) is 4.53. The second kappa shape index (κ2) is 8.44. The molecular weight excluding hydrogens is 306 g/mol. The van der Waals surface area contributed by atoms with Gasteiger partial charge >= 0.3 is 0 Å². The number of anilines is 1. The Balaban J connectivity index is 0.00000200. The first-order valence-electron chi connectivity index (χ1n) is 6.19. The number of hydrogen-bond donors (Lipinski definition) is 2. The van der Waals surface area contributed by atoms with E-state index < -0.39 is 5.76 Å². The van der Waals surface area contributed by atoms with E-state index in [9.17, 15) is 13.6 Å². The van der Waals surface area contributed by atoms with E-state index in [-0.39, 0.29) is 24.9 Å². The van der Waals surface area contributed by atoms with Crippen molar-refractivity contribution in [3.05, 3.63) is 24.3 Å². The summed E-state index contributed by atoms with van der Waals surface area (Å²) >= 11 is 0.492. The van der Waals surface area contributed by atoms with Crippen molar-refractivity contribution in [2.45, 2.75) is 23.5 Å². The van der Waals surface area contributed by atoms with E-state index in [0.29, 0.717) is 22.3 Å². The smallest absolute Gasteiger partial charge is 0.288 e. The van der Waals surface area contributed by atoms with Gasteiger partial charge in [0, 0.05) is 10.6 Å². The summed E-state index contributed by atoms with van der Waals surface area (Å²) in [6.07, 6.45) is 2.50. The molecule has 0 spiro atoms. The van der Waals surface area contributed by atoms with Gasteiger partial charge in [0.25, 0.3) is 5.76 Å². The third-order valence-corrected chi connectivity index (χ3v) is 3.50. The van der Waals surface area contributed by atoms with E-state index in [0.717, 1.165) is 12.5 Å². The average molecular weight is 323 g/mol. The molecule has 1 saturated carbocycles. The Bertz CT molecular complexity index is 427. The standard InChI is InChI=1S/C13H16F2N2OS.ClH/c14-13(15)19-11-5-3-10(4-6-11)17-12(18)8-16-7-9-1-2-9;/h3-6,9,13,16H,1-2,7-8H2,(H,17,18);1H. The lowest BCUT2D eigenvalue weighted by molar-refractivity contribution is -0.115. The van der Waals surface area contributed by atoms with Gasteiger partial charge in [-0.25, -0.2) is 0 Å². The zero-order valence-corrected chi connectivity index (χ0v) is 12.4. The van der Waals surface area contributed by atoms with Crippen LogP contribution in [0.5, 0.6) is 0 Å². The van der Waals surface area contributed by atoms with Crippen LogP contribution in [0.25, 0.3) is 0 Å². The summed E-state index contributed by atoms with van der Waals surface area (Å²) < 4.78 is 24.3. The number of benzene rings is 1. The van der Waals surface area contributed by atoms with Gasteiger partial charge < -0.3 is 10.6 Å². The summed E-state index contributed by atoms with van der Waals surface area (Å²) in [6.45, 7) is 1.17. The third kappa shape index (κ3) is 6.54. The summed E-state index contributed by atoms with van der Waals surface area (Å²) in [6, 6.07) is 6.40. The van der Waals surface area contributed by atoms with E-state index in [1.807, 2.05) is 0 Å². The van der Waals surface area contributed by atoms with Crippen LogP contribution in [0.15, 0.2) is 29.2 Å². The predicted molar refractivity (Wildman–Crippen MR) is 79.8 cm³/mol. The van der Waals surface area contributed by atoms with Gasteiger partial charge in [0.1, 0.15) is 0 Å². The fraction of sp³-hybridized carbons (Fsp3) is 0.462. The molecule has 0 radical (unpaired) electrons. The quantitative estimate of drug-likeness (QED) is 0.756. The van der Waals surface area contributed by atoms with Crippen molar-refractivity contribution in [3.8, 4) is 0 Å². The maximum Gasteiger partial charge on any atom is 0.288 e. The first-order valence-corrected chi connectivity index (χ1v) is 7.07. The van der Waals surface area contributed by atoms with Crippen LogP contribution < -0.4 is 10.6 Å². The van der Waals surface area contributed by atoms with Gasteiger partial charge in [0.15, 0.2) is 0 Å². The molecule has 1 aromatic rings. The van der Waals surface area contributed by atoms with Crippen molar-refractivity contribution < 1.29 is 13.6 Å². The zero-order valence-electron chi connectivity index (χ0n) is 10.8. The molecule has 0 atom stereocenters. The van der Waals surface area contributed by atoms with E-state index in [1.54, 1.807) is 24.3 Å². The molecule has 7 heteroatoms. The van der Waals surface area contributed by atoms with Crippen LogP contribution in [0.1, 0.15) is 12.8 Å². The summed E-state index contributed by atoms with van der Waals surface area (Å²) in [5, 5.41) is 5.81. The maximum absolute atomic E-state index is 12.1. The molecule has 112 valence electrons. The highest BCUT2D eigenvalue weighted by Gasteiger charge is 2.20. The van der Waals surface area contributed by atoms with E-state index in [2.05, 4.69) is 10.6 Å². The number of rotatable bonds is 7. The summed E-state index contributed by atoms with van der Waals surface area (Å²) in [5.41, 5.74) is 0.622. The Morgan fingerprint density at radius 2 is 1.95 bits per heavy atom. The van der Waals surface area contributed by atoms with Crippen LogP contribution in [0, 0.1) is 5.92 Å².